The Hall–Kier alpha value is -2.35. The third kappa shape index (κ3) is 5.38. The Balaban J connectivity index is 1.61. The number of carbonyl (C=O) groups is 2. The Kier molecular flexibility index (Phi) is 7.30. The molecule has 0 spiro atoms. The molecule has 156 valence electrons. The van der Waals surface area contributed by atoms with Crippen LogP contribution in [0.2, 0.25) is 0 Å². The van der Waals surface area contributed by atoms with Crippen LogP contribution in [0, 0.1) is 6.92 Å². The lowest BCUT2D eigenvalue weighted by atomic mass is 10.1. The van der Waals surface area contributed by atoms with Crippen LogP contribution >= 0.6 is 11.8 Å². The van der Waals surface area contributed by atoms with E-state index in [-0.39, 0.29) is 17.9 Å². The summed E-state index contributed by atoms with van der Waals surface area (Å²) in [5.41, 5.74) is 1.58. The highest BCUT2D eigenvalue weighted by molar-refractivity contribution is 7.99. The van der Waals surface area contributed by atoms with Crippen molar-refractivity contribution in [3.05, 3.63) is 41.2 Å². The Morgan fingerprint density at radius 1 is 1.24 bits per heavy atom. The lowest BCUT2D eigenvalue weighted by Gasteiger charge is -2.16. The fourth-order valence-corrected chi connectivity index (χ4v) is 4.48. The average molecular weight is 416 g/mol. The van der Waals surface area contributed by atoms with Crippen LogP contribution in [0.1, 0.15) is 67.3 Å². The Morgan fingerprint density at radius 2 is 1.97 bits per heavy atom. The summed E-state index contributed by atoms with van der Waals surface area (Å²) in [6.07, 6.45) is 4.53. The summed E-state index contributed by atoms with van der Waals surface area (Å²) in [6, 6.07) is 7.52. The van der Waals surface area contributed by atoms with E-state index in [0.29, 0.717) is 34.9 Å². The summed E-state index contributed by atoms with van der Waals surface area (Å²) in [7, 11) is 0. The predicted octanol–water partition coefficient (Wildman–Crippen LogP) is 3.25. The number of rotatable bonds is 8. The van der Waals surface area contributed by atoms with Gasteiger partial charge in [0.25, 0.3) is 5.91 Å². The third-order valence-electron chi connectivity index (χ3n) is 5.24. The molecule has 2 N–H and O–H groups in total. The standard InChI is InChI=1S/C21H29N5O2S/c1-4-26-19(15(3)22-20(28)17-12-8-5-9-14(17)2)24-25-21(26)29-13-18(27)23-16-10-6-7-11-16/h5,8-9,12,15-16H,4,6-7,10-11,13H2,1-3H3,(H,22,28)(H,23,27)/t15-/m1/s1. The number of hydrogen-bond donors (Lipinski definition) is 2. The molecule has 1 aromatic carbocycles. The molecule has 29 heavy (non-hydrogen) atoms. The van der Waals surface area contributed by atoms with Gasteiger partial charge in [0.15, 0.2) is 11.0 Å². The maximum absolute atomic E-state index is 12.6. The molecule has 2 aromatic rings. The number of nitrogens with one attached hydrogen (secondary N) is 2. The van der Waals surface area contributed by atoms with Gasteiger partial charge in [-0.05, 0) is 45.2 Å². The molecule has 7 nitrogen and oxygen atoms in total. The smallest absolute Gasteiger partial charge is 0.252 e. The van der Waals surface area contributed by atoms with Crippen molar-refractivity contribution in [1.29, 1.82) is 0 Å². The summed E-state index contributed by atoms with van der Waals surface area (Å²) in [5.74, 6) is 0.910. The molecule has 1 aromatic heterocycles. The molecule has 0 bridgehead atoms. The molecule has 0 saturated heterocycles. The van der Waals surface area contributed by atoms with Gasteiger partial charge in [-0.3, -0.25) is 9.59 Å². The van der Waals surface area contributed by atoms with Crippen molar-refractivity contribution in [2.24, 2.45) is 0 Å². The average Bonchev–Trinajstić information content (AvgIpc) is 3.35. The van der Waals surface area contributed by atoms with E-state index in [1.54, 1.807) is 0 Å². The zero-order chi connectivity index (χ0) is 20.8. The lowest BCUT2D eigenvalue weighted by molar-refractivity contribution is -0.119. The maximum Gasteiger partial charge on any atom is 0.252 e. The van der Waals surface area contributed by atoms with Crippen molar-refractivity contribution in [2.75, 3.05) is 5.75 Å². The molecular formula is C21H29N5O2S. The fraction of sp³-hybridized carbons (Fsp3) is 0.524. The Bertz CT molecular complexity index is 861. The van der Waals surface area contributed by atoms with Crippen LogP contribution in [0.25, 0.3) is 0 Å². The number of aromatic nitrogens is 3. The number of nitrogens with zero attached hydrogens (tertiary/aromatic N) is 3. The second-order valence-electron chi connectivity index (χ2n) is 7.43. The summed E-state index contributed by atoms with van der Waals surface area (Å²) < 4.78 is 1.95. The number of thioether (sulfide) groups is 1. The fourth-order valence-electron chi connectivity index (χ4n) is 3.66. The maximum atomic E-state index is 12.6. The van der Waals surface area contributed by atoms with Crippen molar-refractivity contribution in [3.63, 3.8) is 0 Å². The van der Waals surface area contributed by atoms with Crippen molar-refractivity contribution in [2.45, 2.75) is 70.2 Å². The van der Waals surface area contributed by atoms with E-state index in [0.717, 1.165) is 18.4 Å². The van der Waals surface area contributed by atoms with Gasteiger partial charge in [0, 0.05) is 18.2 Å². The quantitative estimate of drug-likeness (QED) is 0.646. The zero-order valence-electron chi connectivity index (χ0n) is 17.3. The molecule has 1 aliphatic rings. The van der Waals surface area contributed by atoms with Crippen LogP contribution in [0.4, 0.5) is 0 Å². The highest BCUT2D eigenvalue weighted by Crippen LogP contribution is 2.22. The van der Waals surface area contributed by atoms with E-state index in [1.165, 1.54) is 24.6 Å². The highest BCUT2D eigenvalue weighted by atomic mass is 32.2. The van der Waals surface area contributed by atoms with Crippen LogP contribution in [-0.4, -0.2) is 38.4 Å². The molecule has 8 heteroatoms. The van der Waals surface area contributed by atoms with Crippen LogP contribution in [0.3, 0.4) is 0 Å². The van der Waals surface area contributed by atoms with E-state index < -0.39 is 0 Å². The molecular weight excluding hydrogens is 386 g/mol. The van der Waals surface area contributed by atoms with Gasteiger partial charge in [0.05, 0.1) is 11.8 Å². The molecule has 1 saturated carbocycles. The van der Waals surface area contributed by atoms with E-state index in [9.17, 15) is 9.59 Å². The van der Waals surface area contributed by atoms with Gasteiger partial charge < -0.3 is 15.2 Å². The van der Waals surface area contributed by atoms with Crippen molar-refractivity contribution >= 4 is 23.6 Å². The molecule has 1 atom stereocenters. The van der Waals surface area contributed by atoms with Crippen LogP contribution in [0.5, 0.6) is 0 Å². The van der Waals surface area contributed by atoms with E-state index in [4.69, 9.17) is 0 Å². The molecule has 0 aliphatic heterocycles. The highest BCUT2D eigenvalue weighted by Gasteiger charge is 2.22. The first kappa shape index (κ1) is 21.4. The second-order valence-corrected chi connectivity index (χ2v) is 8.38. The molecule has 0 unspecified atom stereocenters. The van der Waals surface area contributed by atoms with Gasteiger partial charge in [0.1, 0.15) is 0 Å². The zero-order valence-corrected chi connectivity index (χ0v) is 18.1. The number of hydrogen-bond acceptors (Lipinski definition) is 5. The van der Waals surface area contributed by atoms with Gasteiger partial charge >= 0.3 is 0 Å². The number of benzene rings is 1. The predicted molar refractivity (Wildman–Crippen MR) is 114 cm³/mol. The topological polar surface area (TPSA) is 88.9 Å². The Labute approximate surface area is 176 Å². The molecule has 1 aliphatic carbocycles. The lowest BCUT2D eigenvalue weighted by Crippen LogP contribution is -2.33. The van der Waals surface area contributed by atoms with Crippen molar-refractivity contribution in [3.8, 4) is 0 Å². The molecule has 0 radical (unpaired) electrons. The first-order chi connectivity index (χ1) is 14.0. The van der Waals surface area contributed by atoms with Gasteiger partial charge in [0.2, 0.25) is 5.91 Å². The number of aryl methyl sites for hydroxylation is 1. The Morgan fingerprint density at radius 3 is 2.66 bits per heavy atom. The van der Waals surface area contributed by atoms with Crippen molar-refractivity contribution in [1.82, 2.24) is 25.4 Å². The summed E-state index contributed by atoms with van der Waals surface area (Å²) in [6.45, 7) is 6.48. The van der Waals surface area contributed by atoms with Gasteiger partial charge in [-0.15, -0.1) is 10.2 Å². The van der Waals surface area contributed by atoms with E-state index >= 15 is 0 Å². The molecule has 1 fully saturated rings. The normalized spacial score (nSPS) is 15.3. The minimum Gasteiger partial charge on any atom is -0.353 e. The molecule has 2 amide bonds. The van der Waals surface area contributed by atoms with Gasteiger partial charge in [-0.25, -0.2) is 0 Å². The first-order valence-electron chi connectivity index (χ1n) is 10.2. The third-order valence-corrected chi connectivity index (χ3v) is 6.21. The summed E-state index contributed by atoms with van der Waals surface area (Å²) in [4.78, 5) is 24.8. The van der Waals surface area contributed by atoms with Crippen LogP contribution < -0.4 is 10.6 Å². The SMILES string of the molecule is CCn1c(SCC(=O)NC2CCCC2)nnc1[C@@H](C)NC(=O)c1ccccc1C. The summed E-state index contributed by atoms with van der Waals surface area (Å²) in [5, 5.41) is 15.3. The number of amides is 2. The van der Waals surface area contributed by atoms with Gasteiger partial charge in [-0.1, -0.05) is 42.8 Å². The van der Waals surface area contributed by atoms with Crippen molar-refractivity contribution < 1.29 is 9.59 Å². The minimum atomic E-state index is -0.295. The molecule has 1 heterocycles. The van der Waals surface area contributed by atoms with Crippen LogP contribution in [0.15, 0.2) is 29.4 Å². The molecule has 3 rings (SSSR count). The second kappa shape index (κ2) is 9.91. The van der Waals surface area contributed by atoms with E-state index in [2.05, 4.69) is 20.8 Å². The summed E-state index contributed by atoms with van der Waals surface area (Å²) >= 11 is 1.38. The largest absolute Gasteiger partial charge is 0.353 e. The van der Waals surface area contributed by atoms with Crippen LogP contribution in [-0.2, 0) is 11.3 Å². The minimum absolute atomic E-state index is 0.0370. The van der Waals surface area contributed by atoms with E-state index in [1.807, 2.05) is 49.6 Å². The van der Waals surface area contributed by atoms with Gasteiger partial charge in [-0.2, -0.15) is 0 Å². The first-order valence-corrected chi connectivity index (χ1v) is 11.2. The monoisotopic (exact) mass is 415 g/mol. The number of carbonyl (C=O) groups excluding carboxylic acids is 2.